The van der Waals surface area contributed by atoms with Crippen molar-refractivity contribution in [3.63, 3.8) is 0 Å². The molecule has 95 heavy (non-hydrogen) atoms. The van der Waals surface area contributed by atoms with Gasteiger partial charge in [0.2, 0.25) is 0 Å². The van der Waals surface area contributed by atoms with Crippen molar-refractivity contribution in [2.45, 2.75) is 409 Å². The predicted molar refractivity (Wildman–Crippen MR) is 415 cm³/mol. The van der Waals surface area contributed by atoms with E-state index in [0.717, 1.165) is 99.5 Å². The molecule has 0 spiro atoms. The Balaban J connectivity index is 0.0000884. The maximum atomic E-state index is 12.7. The molecule has 2 unspecified atom stereocenters. The number of unbranched alkanes of at least 4 members (excludes halogenated alkanes) is 24. The molecule has 1 rings (SSSR count). The Morgan fingerprint density at radius 2 is 0.642 bits per heavy atom. The number of quaternary nitrogens is 1. The van der Waals surface area contributed by atoms with E-state index in [0.29, 0.717) is 48.5 Å². The van der Waals surface area contributed by atoms with E-state index in [1.807, 2.05) is 0 Å². The second-order valence-electron chi connectivity index (χ2n) is 34.4. The molecule has 1 amide bonds. The zero-order chi connectivity index (χ0) is 69.0. The van der Waals surface area contributed by atoms with Gasteiger partial charge in [0.05, 0.1) is 52.4 Å². The van der Waals surface area contributed by atoms with Crippen LogP contribution in [0.3, 0.4) is 0 Å². The molecule has 1 aliphatic carbocycles. The van der Waals surface area contributed by atoms with E-state index >= 15 is 0 Å². The summed E-state index contributed by atoms with van der Waals surface area (Å²) in [5, 5.41) is 3.14. The Hall–Kier alpha value is -0.150. The van der Waals surface area contributed by atoms with Crippen molar-refractivity contribution in [2.75, 3.05) is 79.8 Å². The summed E-state index contributed by atoms with van der Waals surface area (Å²) in [5.41, 5.74) is 0. The Kier molecular flexibility index (Phi) is 66.9. The molecule has 570 valence electrons. The first kappa shape index (κ1) is 94.8. The zero-order valence-electron chi connectivity index (χ0n) is 66.6. The second-order valence-corrected chi connectivity index (χ2v) is 34.7. The van der Waals surface area contributed by atoms with Gasteiger partial charge in [0.1, 0.15) is 0 Å². The van der Waals surface area contributed by atoms with Crippen molar-refractivity contribution in [3.8, 4) is 0 Å². The minimum absolute atomic E-state index is 0. The zero-order valence-corrected chi connectivity index (χ0v) is 68.1. The SMILES string of the molecule is CC(C)CCC[C@@H](C)CCC[C@@H](C)CCCC(C)CCO[C@H](CCl)COCCCCCCCCCCCCCCC[C@H]1CC[C@@H](CCCCCCCCCCCCCCCOC[C@@H](CNC(=O)C[N+](C)(C)C)OCCC(C)CCC[C@H](C)CCC[C@H](C)CCCC(C)C)C1.[Cl-]. The highest BCUT2D eigenvalue weighted by Gasteiger charge is 2.24. The number of nitrogens with one attached hydrogen (secondary N) is 1. The molecule has 0 heterocycles. The largest absolute Gasteiger partial charge is 1.00 e. The van der Waals surface area contributed by atoms with Crippen LogP contribution in [-0.2, 0) is 23.7 Å². The minimum Gasteiger partial charge on any atom is -1.00 e. The van der Waals surface area contributed by atoms with Crippen molar-refractivity contribution >= 4 is 17.5 Å². The van der Waals surface area contributed by atoms with Gasteiger partial charge in [-0.1, -0.05) is 365 Å². The van der Waals surface area contributed by atoms with Crippen LogP contribution in [0.5, 0.6) is 0 Å². The van der Waals surface area contributed by atoms with Gasteiger partial charge < -0.3 is 41.2 Å². The van der Waals surface area contributed by atoms with E-state index in [-0.39, 0.29) is 30.5 Å². The van der Waals surface area contributed by atoms with Gasteiger partial charge in [0, 0.05) is 33.0 Å². The average Bonchev–Trinajstić information content (AvgIpc) is 3.24. The third kappa shape index (κ3) is 66.8. The van der Waals surface area contributed by atoms with E-state index in [9.17, 15) is 4.79 Å². The van der Waals surface area contributed by atoms with Crippen LogP contribution in [-0.4, -0.2) is 102 Å². The topological polar surface area (TPSA) is 66.0 Å². The number of hydrogen-bond acceptors (Lipinski definition) is 5. The molecule has 0 saturated heterocycles. The summed E-state index contributed by atoms with van der Waals surface area (Å²) in [5.74, 6) is 9.21. The van der Waals surface area contributed by atoms with Crippen LogP contribution in [0.4, 0.5) is 0 Å². The first-order chi connectivity index (χ1) is 45.3. The number of alkyl halides is 1. The molecular weight excluding hydrogens is 1210 g/mol. The summed E-state index contributed by atoms with van der Waals surface area (Å²) in [4.78, 5) is 12.7. The lowest BCUT2D eigenvalue weighted by molar-refractivity contribution is -0.862. The highest BCUT2D eigenvalue weighted by molar-refractivity contribution is 6.18. The Labute approximate surface area is 607 Å². The average molecular weight is 1390 g/mol. The quantitative estimate of drug-likeness (QED) is 0.0373. The molecule has 0 bridgehead atoms. The van der Waals surface area contributed by atoms with Crippen LogP contribution in [0, 0.1) is 59.2 Å². The van der Waals surface area contributed by atoms with Crippen LogP contribution in [0.1, 0.15) is 397 Å². The molecule has 1 fully saturated rings. The van der Waals surface area contributed by atoms with Gasteiger partial charge in [-0.25, -0.2) is 0 Å². The monoisotopic (exact) mass is 1380 g/mol. The van der Waals surface area contributed by atoms with E-state index in [1.165, 1.54) is 302 Å². The van der Waals surface area contributed by atoms with E-state index in [4.69, 9.17) is 30.5 Å². The number of nitrogens with zero attached hydrogens (tertiary/aromatic N) is 1. The predicted octanol–water partition coefficient (Wildman–Crippen LogP) is 23.1. The summed E-state index contributed by atoms with van der Waals surface area (Å²) in [7, 11) is 6.18. The summed E-state index contributed by atoms with van der Waals surface area (Å²) in [6.45, 7) is 29.4. The number of hydrogen-bond donors (Lipinski definition) is 1. The minimum atomic E-state index is -0.0900. The van der Waals surface area contributed by atoms with Crippen molar-refractivity contribution in [2.24, 2.45) is 59.2 Å². The number of ether oxygens (including phenoxy) is 4. The first-order valence-corrected chi connectivity index (χ1v) is 42.9. The molecule has 1 N–H and O–H groups in total. The number of carbonyl (C=O) groups excluding carboxylic acids is 1. The molecule has 1 saturated carbocycles. The summed E-state index contributed by atoms with van der Waals surface area (Å²) < 4.78 is 25.3. The Bertz CT molecular complexity index is 1580. The number of halogens is 2. The van der Waals surface area contributed by atoms with Gasteiger partial charge in [0.25, 0.3) is 5.91 Å². The lowest BCUT2D eigenvalue weighted by atomic mass is 9.91. The Morgan fingerprint density at radius 3 is 0.947 bits per heavy atom. The molecular formula is C86H172Cl2N2O5. The first-order valence-electron chi connectivity index (χ1n) is 42.4. The van der Waals surface area contributed by atoms with Crippen LogP contribution in [0.15, 0.2) is 0 Å². The Morgan fingerprint density at radius 1 is 0.368 bits per heavy atom. The molecule has 0 aliphatic heterocycles. The lowest BCUT2D eigenvalue weighted by Crippen LogP contribution is -3.00. The molecule has 0 radical (unpaired) electrons. The maximum Gasteiger partial charge on any atom is 0.275 e. The standard InChI is InChI=1S/C86H171ClN2O5.ClH/c1-74(2)46-40-48-76(5)50-42-52-78(7)54-44-56-80(9)62-66-93-84(69-87)72-91-64-38-34-30-26-22-18-14-16-20-24-28-32-36-58-82-60-61-83(68-82)59-37-33-29-25-21-17-15-19-23-27-31-35-39-65-92-73-85(70-88-86(90)71-89(11,12)13)94-67-63-81(10)57-45-55-79(8)53-43-51-77(6)49-41-47-75(3)4;/h74-85H,14-73H2,1-13H3;1H/t76-,77-,78-,79-,80?,81?,82+,83-,84-,85-;/m1./s1. The molecule has 7 nitrogen and oxygen atoms in total. The van der Waals surface area contributed by atoms with Crippen LogP contribution in [0.2, 0.25) is 0 Å². The van der Waals surface area contributed by atoms with E-state index < -0.39 is 0 Å². The van der Waals surface area contributed by atoms with Crippen molar-refractivity contribution in [1.82, 2.24) is 5.32 Å². The highest BCUT2D eigenvalue weighted by atomic mass is 35.5. The number of carbonyl (C=O) groups is 1. The van der Waals surface area contributed by atoms with Crippen LogP contribution < -0.4 is 17.7 Å². The second kappa shape index (κ2) is 67.0. The summed E-state index contributed by atoms with van der Waals surface area (Å²) in [6, 6.07) is 0. The fourth-order valence-electron chi connectivity index (χ4n) is 15.1. The van der Waals surface area contributed by atoms with Gasteiger partial charge in [-0.05, 0) is 91.3 Å². The normalized spacial score (nSPS) is 17.1. The van der Waals surface area contributed by atoms with Crippen LogP contribution in [0.25, 0.3) is 0 Å². The third-order valence-electron chi connectivity index (χ3n) is 21.8. The molecule has 9 heteroatoms. The van der Waals surface area contributed by atoms with Crippen LogP contribution >= 0.6 is 11.6 Å². The maximum absolute atomic E-state index is 12.7. The van der Waals surface area contributed by atoms with E-state index in [2.05, 4.69) is 95.7 Å². The highest BCUT2D eigenvalue weighted by Crippen LogP contribution is 2.37. The summed E-state index contributed by atoms with van der Waals surface area (Å²) in [6.07, 6.45) is 70.6. The van der Waals surface area contributed by atoms with Crippen molar-refractivity contribution in [1.29, 1.82) is 0 Å². The van der Waals surface area contributed by atoms with Crippen molar-refractivity contribution in [3.05, 3.63) is 0 Å². The summed E-state index contributed by atoms with van der Waals surface area (Å²) >= 11 is 6.26. The molecule has 1 aliphatic rings. The van der Waals surface area contributed by atoms with Gasteiger partial charge in [-0.2, -0.15) is 0 Å². The van der Waals surface area contributed by atoms with Gasteiger partial charge in [-0.15, -0.1) is 11.6 Å². The molecule has 10 atom stereocenters. The molecule has 0 aromatic rings. The van der Waals surface area contributed by atoms with Crippen molar-refractivity contribution < 1.29 is 40.6 Å². The fraction of sp³-hybridized carbons (Fsp3) is 0.988. The van der Waals surface area contributed by atoms with E-state index in [1.54, 1.807) is 0 Å². The number of amides is 1. The smallest absolute Gasteiger partial charge is 0.275 e. The van der Waals surface area contributed by atoms with Gasteiger partial charge in [-0.3, -0.25) is 4.79 Å². The number of likely N-dealkylation sites (N-methyl/N-ethyl adjacent to an activating group) is 1. The fourth-order valence-corrected chi connectivity index (χ4v) is 15.2. The molecule has 0 aromatic heterocycles. The number of rotatable bonds is 73. The lowest BCUT2D eigenvalue weighted by Gasteiger charge is -2.24. The van der Waals surface area contributed by atoms with Gasteiger partial charge >= 0.3 is 0 Å². The molecule has 0 aromatic carbocycles. The third-order valence-corrected chi connectivity index (χ3v) is 22.2. The van der Waals surface area contributed by atoms with Gasteiger partial charge in [0.15, 0.2) is 6.54 Å².